The summed E-state index contributed by atoms with van der Waals surface area (Å²) in [6.45, 7) is 13.6. The van der Waals surface area contributed by atoms with Crippen molar-refractivity contribution in [1.29, 1.82) is 0 Å². The molecule has 3 nitrogen and oxygen atoms in total. The van der Waals surface area contributed by atoms with Crippen LogP contribution in [0.25, 0.3) is 4.85 Å². The summed E-state index contributed by atoms with van der Waals surface area (Å²) in [5, 5.41) is 0. The van der Waals surface area contributed by atoms with E-state index in [0.29, 0.717) is 5.69 Å². The molecule has 0 aromatic heterocycles. The van der Waals surface area contributed by atoms with E-state index in [1.807, 2.05) is 24.3 Å². The molecule has 0 atom stereocenters. The van der Waals surface area contributed by atoms with Crippen molar-refractivity contribution < 1.29 is 4.74 Å². The quantitative estimate of drug-likeness (QED) is 0.501. The highest BCUT2D eigenvalue weighted by Gasteiger charge is 2.18. The number of likely N-dealkylation sites (tertiary alicyclic amines) is 1. The van der Waals surface area contributed by atoms with Gasteiger partial charge in [-0.15, -0.1) is 0 Å². The number of benzene rings is 1. The molecule has 1 fully saturated rings. The van der Waals surface area contributed by atoms with Gasteiger partial charge in [0.15, 0.2) is 5.69 Å². The van der Waals surface area contributed by atoms with Crippen molar-refractivity contribution in [3.63, 3.8) is 0 Å². The smallest absolute Gasteiger partial charge is 0.187 e. The summed E-state index contributed by atoms with van der Waals surface area (Å²) in [6, 6.07) is 7.38. The molecule has 0 radical (unpaired) electrons. The van der Waals surface area contributed by atoms with Gasteiger partial charge in [0.1, 0.15) is 5.75 Å². The van der Waals surface area contributed by atoms with Crippen LogP contribution in [-0.2, 0) is 0 Å². The minimum atomic E-state index is 0.665. The second-order valence-corrected chi connectivity index (χ2v) is 6.23. The lowest BCUT2D eigenvalue weighted by atomic mass is 9.91. The fourth-order valence-corrected chi connectivity index (χ4v) is 3.09. The van der Waals surface area contributed by atoms with Crippen LogP contribution in [0.3, 0.4) is 0 Å². The van der Waals surface area contributed by atoms with Crippen LogP contribution >= 0.6 is 0 Å². The van der Waals surface area contributed by atoms with E-state index in [2.05, 4.69) is 16.7 Å². The van der Waals surface area contributed by atoms with Gasteiger partial charge in [0, 0.05) is 6.54 Å². The van der Waals surface area contributed by atoms with Crippen molar-refractivity contribution in [2.45, 2.75) is 45.4 Å². The summed E-state index contributed by atoms with van der Waals surface area (Å²) in [4.78, 5) is 5.96. The SMILES string of the molecule is [C-]#[N+]c1ccc(OCCCN2CCC(CCCC)CC2)cc1. The Morgan fingerprint density at radius 1 is 1.18 bits per heavy atom. The van der Waals surface area contributed by atoms with Crippen LogP contribution in [0.1, 0.15) is 45.4 Å². The standard InChI is InChI=1S/C19H28N2O/c1-3-4-6-17-11-14-21(15-12-17)13-5-16-22-19-9-7-18(20-2)8-10-19/h7-10,17H,3-6,11-16H2,1H3. The largest absolute Gasteiger partial charge is 0.494 e. The normalized spacial score (nSPS) is 16.4. The van der Waals surface area contributed by atoms with Crippen molar-refractivity contribution in [3.05, 3.63) is 35.7 Å². The van der Waals surface area contributed by atoms with E-state index in [-0.39, 0.29) is 0 Å². The summed E-state index contributed by atoms with van der Waals surface area (Å²) in [7, 11) is 0. The number of piperidine rings is 1. The number of unbranched alkanes of at least 4 members (excludes halogenated alkanes) is 1. The van der Waals surface area contributed by atoms with Gasteiger partial charge in [0.25, 0.3) is 0 Å². The highest BCUT2D eigenvalue weighted by Crippen LogP contribution is 2.22. The van der Waals surface area contributed by atoms with Crippen LogP contribution in [0.5, 0.6) is 5.75 Å². The topological polar surface area (TPSA) is 16.8 Å². The number of ether oxygens (including phenoxy) is 1. The Kier molecular flexibility index (Phi) is 7.25. The summed E-state index contributed by atoms with van der Waals surface area (Å²) >= 11 is 0. The molecule has 1 heterocycles. The Morgan fingerprint density at radius 2 is 1.91 bits per heavy atom. The molecule has 1 saturated heterocycles. The zero-order valence-corrected chi connectivity index (χ0v) is 13.8. The zero-order chi connectivity index (χ0) is 15.6. The van der Waals surface area contributed by atoms with E-state index in [0.717, 1.165) is 31.2 Å². The molecule has 2 rings (SSSR count). The first kappa shape index (κ1) is 16.8. The zero-order valence-electron chi connectivity index (χ0n) is 13.8. The third-order valence-corrected chi connectivity index (χ3v) is 4.53. The fraction of sp³-hybridized carbons (Fsp3) is 0.632. The van der Waals surface area contributed by atoms with Gasteiger partial charge in [-0.05, 0) is 50.4 Å². The van der Waals surface area contributed by atoms with E-state index in [4.69, 9.17) is 11.3 Å². The van der Waals surface area contributed by atoms with Crippen LogP contribution < -0.4 is 4.74 Å². The number of rotatable bonds is 8. The molecule has 0 aliphatic carbocycles. The number of hydrogen-bond donors (Lipinski definition) is 0. The molecule has 0 spiro atoms. The molecule has 1 aliphatic heterocycles. The summed E-state index contributed by atoms with van der Waals surface area (Å²) < 4.78 is 5.74. The fourth-order valence-electron chi connectivity index (χ4n) is 3.09. The molecule has 0 unspecified atom stereocenters. The van der Waals surface area contributed by atoms with E-state index < -0.39 is 0 Å². The Hall–Kier alpha value is -1.53. The molecular weight excluding hydrogens is 272 g/mol. The van der Waals surface area contributed by atoms with Crippen molar-refractivity contribution in [2.24, 2.45) is 5.92 Å². The lowest BCUT2D eigenvalue weighted by molar-refractivity contribution is 0.165. The van der Waals surface area contributed by atoms with Crippen LogP contribution in [0.4, 0.5) is 5.69 Å². The van der Waals surface area contributed by atoms with Crippen molar-refractivity contribution in [2.75, 3.05) is 26.2 Å². The summed E-state index contributed by atoms with van der Waals surface area (Å²) in [5.41, 5.74) is 0.665. The van der Waals surface area contributed by atoms with Gasteiger partial charge in [-0.2, -0.15) is 0 Å². The van der Waals surface area contributed by atoms with Crippen molar-refractivity contribution in [1.82, 2.24) is 4.90 Å². The Bertz CT molecular complexity index is 455. The molecule has 1 aromatic rings. The Labute approximate surface area is 135 Å². The molecule has 1 aromatic carbocycles. The van der Waals surface area contributed by atoms with Crippen LogP contribution in [-0.4, -0.2) is 31.1 Å². The molecule has 22 heavy (non-hydrogen) atoms. The van der Waals surface area contributed by atoms with E-state index in [1.54, 1.807) is 0 Å². The first-order valence-electron chi connectivity index (χ1n) is 8.64. The summed E-state index contributed by atoms with van der Waals surface area (Å²) in [6.07, 6.45) is 7.97. The molecule has 1 aliphatic rings. The Balaban J connectivity index is 1.56. The van der Waals surface area contributed by atoms with Gasteiger partial charge in [0.05, 0.1) is 13.2 Å². The molecular formula is C19H28N2O. The predicted octanol–water partition coefficient (Wildman–Crippen LogP) is 4.91. The number of nitrogens with zero attached hydrogens (tertiary/aromatic N) is 2. The highest BCUT2D eigenvalue weighted by atomic mass is 16.5. The maximum Gasteiger partial charge on any atom is 0.187 e. The average Bonchev–Trinajstić information content (AvgIpc) is 2.58. The minimum Gasteiger partial charge on any atom is -0.494 e. The van der Waals surface area contributed by atoms with Gasteiger partial charge in [-0.25, -0.2) is 4.85 Å². The van der Waals surface area contributed by atoms with E-state index in [1.165, 1.54) is 45.2 Å². The first-order valence-corrected chi connectivity index (χ1v) is 8.64. The van der Waals surface area contributed by atoms with Gasteiger partial charge in [-0.3, -0.25) is 0 Å². The minimum absolute atomic E-state index is 0.665. The maximum absolute atomic E-state index is 6.93. The Morgan fingerprint density at radius 3 is 2.55 bits per heavy atom. The van der Waals surface area contributed by atoms with Crippen molar-refractivity contribution in [3.8, 4) is 5.75 Å². The molecule has 120 valence electrons. The second-order valence-electron chi connectivity index (χ2n) is 6.23. The van der Waals surface area contributed by atoms with Crippen LogP contribution in [0.2, 0.25) is 0 Å². The number of hydrogen-bond acceptors (Lipinski definition) is 2. The van der Waals surface area contributed by atoms with Gasteiger partial charge < -0.3 is 9.64 Å². The molecule has 0 bridgehead atoms. The van der Waals surface area contributed by atoms with Gasteiger partial charge in [0.2, 0.25) is 0 Å². The monoisotopic (exact) mass is 300 g/mol. The molecule has 0 amide bonds. The van der Waals surface area contributed by atoms with Crippen molar-refractivity contribution >= 4 is 5.69 Å². The van der Waals surface area contributed by atoms with Crippen LogP contribution in [0, 0.1) is 12.5 Å². The highest BCUT2D eigenvalue weighted by molar-refractivity contribution is 5.46. The van der Waals surface area contributed by atoms with Gasteiger partial charge >= 0.3 is 0 Å². The lowest BCUT2D eigenvalue weighted by Gasteiger charge is -2.31. The first-order chi connectivity index (χ1) is 10.8. The molecule has 3 heteroatoms. The maximum atomic E-state index is 6.93. The van der Waals surface area contributed by atoms with E-state index >= 15 is 0 Å². The van der Waals surface area contributed by atoms with Gasteiger partial charge in [-0.1, -0.05) is 38.3 Å². The molecule has 0 saturated carbocycles. The second kappa shape index (κ2) is 9.48. The van der Waals surface area contributed by atoms with Crippen LogP contribution in [0.15, 0.2) is 24.3 Å². The summed E-state index contributed by atoms with van der Waals surface area (Å²) in [5.74, 6) is 1.83. The average molecular weight is 300 g/mol. The third kappa shape index (κ3) is 5.69. The lowest BCUT2D eigenvalue weighted by Crippen LogP contribution is -2.34. The predicted molar refractivity (Wildman–Crippen MR) is 91.5 cm³/mol. The third-order valence-electron chi connectivity index (χ3n) is 4.53. The van der Waals surface area contributed by atoms with E-state index in [9.17, 15) is 0 Å². The molecule has 0 N–H and O–H groups in total.